The molecular weight excluding hydrogens is 238 g/mol. The number of anilines is 1. The van der Waals surface area contributed by atoms with Gasteiger partial charge in [0.1, 0.15) is 5.82 Å². The van der Waals surface area contributed by atoms with Gasteiger partial charge in [0.15, 0.2) is 0 Å². The third-order valence-corrected chi connectivity index (χ3v) is 3.88. The Kier molecular flexibility index (Phi) is 5.16. The molecule has 2 rings (SSSR count). The number of pyridine rings is 1. The molecule has 1 atom stereocenters. The molecule has 1 unspecified atom stereocenters. The molecule has 19 heavy (non-hydrogen) atoms. The maximum absolute atomic E-state index is 5.41. The Hall–Kier alpha value is -1.13. The molecule has 0 bridgehead atoms. The molecule has 1 aliphatic heterocycles. The minimum Gasteiger partial charge on any atom is -0.381 e. The summed E-state index contributed by atoms with van der Waals surface area (Å²) in [5, 5.41) is 3.40. The predicted molar refractivity (Wildman–Crippen MR) is 78.6 cm³/mol. The minimum atomic E-state index is 0.361. The zero-order chi connectivity index (χ0) is 13.7. The molecule has 1 N–H and O–H groups in total. The van der Waals surface area contributed by atoms with Crippen LogP contribution in [0.2, 0.25) is 0 Å². The maximum Gasteiger partial charge on any atom is 0.128 e. The molecule has 1 fully saturated rings. The molecule has 106 valence electrons. The van der Waals surface area contributed by atoms with E-state index in [1.165, 1.54) is 5.56 Å². The number of nitrogens with zero attached hydrogens (tertiary/aromatic N) is 2. The predicted octanol–water partition coefficient (Wildman–Crippen LogP) is 2.37. The Morgan fingerprint density at radius 3 is 2.74 bits per heavy atom. The van der Waals surface area contributed by atoms with Gasteiger partial charge in [-0.25, -0.2) is 4.98 Å². The van der Waals surface area contributed by atoms with Crippen molar-refractivity contribution in [3.05, 3.63) is 23.9 Å². The summed E-state index contributed by atoms with van der Waals surface area (Å²) < 4.78 is 5.41. The Morgan fingerprint density at radius 2 is 2.16 bits per heavy atom. The van der Waals surface area contributed by atoms with Gasteiger partial charge in [0, 0.05) is 38.5 Å². The molecule has 1 aromatic heterocycles. The Balaban J connectivity index is 2.00. The number of aromatic nitrogens is 1. The zero-order valence-corrected chi connectivity index (χ0v) is 12.2. The summed E-state index contributed by atoms with van der Waals surface area (Å²) >= 11 is 0. The topological polar surface area (TPSA) is 37.4 Å². The van der Waals surface area contributed by atoms with E-state index in [1.54, 1.807) is 0 Å². The van der Waals surface area contributed by atoms with E-state index in [-0.39, 0.29) is 0 Å². The molecule has 0 radical (unpaired) electrons. The van der Waals surface area contributed by atoms with Gasteiger partial charge < -0.3 is 15.0 Å². The Morgan fingerprint density at radius 1 is 1.42 bits per heavy atom. The molecule has 4 nitrogen and oxygen atoms in total. The van der Waals surface area contributed by atoms with Crippen LogP contribution in [0.5, 0.6) is 0 Å². The van der Waals surface area contributed by atoms with Gasteiger partial charge in [0.2, 0.25) is 0 Å². The highest BCUT2D eigenvalue weighted by atomic mass is 16.5. The van der Waals surface area contributed by atoms with Crippen molar-refractivity contribution in [2.75, 3.05) is 31.7 Å². The van der Waals surface area contributed by atoms with Crippen LogP contribution in [0.3, 0.4) is 0 Å². The monoisotopic (exact) mass is 263 g/mol. The van der Waals surface area contributed by atoms with Gasteiger partial charge in [-0.1, -0.05) is 13.0 Å². The molecule has 1 saturated heterocycles. The third kappa shape index (κ3) is 3.67. The Labute approximate surface area is 116 Å². The van der Waals surface area contributed by atoms with Crippen molar-refractivity contribution in [3.63, 3.8) is 0 Å². The fourth-order valence-electron chi connectivity index (χ4n) is 2.55. The van der Waals surface area contributed by atoms with Crippen LogP contribution in [0.4, 0.5) is 5.82 Å². The molecule has 1 aliphatic rings. The second-order valence-corrected chi connectivity index (χ2v) is 5.18. The number of rotatable bonds is 5. The number of hydrogen-bond donors (Lipinski definition) is 1. The molecule has 0 aromatic carbocycles. The quantitative estimate of drug-likeness (QED) is 0.885. The van der Waals surface area contributed by atoms with Crippen LogP contribution in [-0.4, -0.2) is 37.8 Å². The van der Waals surface area contributed by atoms with Crippen molar-refractivity contribution in [1.29, 1.82) is 0 Å². The lowest BCUT2D eigenvalue weighted by Crippen LogP contribution is -2.37. The van der Waals surface area contributed by atoms with Gasteiger partial charge in [-0.15, -0.1) is 0 Å². The molecular formula is C15H25N3O. The smallest absolute Gasteiger partial charge is 0.128 e. The van der Waals surface area contributed by atoms with Crippen molar-refractivity contribution in [2.24, 2.45) is 0 Å². The summed E-state index contributed by atoms with van der Waals surface area (Å²) in [6, 6.07) is 5.21. The Bertz CT molecular complexity index is 373. The van der Waals surface area contributed by atoms with Crippen LogP contribution in [0.25, 0.3) is 0 Å². The average molecular weight is 263 g/mol. The van der Waals surface area contributed by atoms with E-state index in [9.17, 15) is 0 Å². The SMILES string of the molecule is CCNC(C)c1ccc(N(C)C2CCOCC2)nc1. The van der Waals surface area contributed by atoms with Crippen molar-refractivity contribution in [2.45, 2.75) is 38.8 Å². The van der Waals surface area contributed by atoms with Gasteiger partial charge in [-0.05, 0) is 37.9 Å². The van der Waals surface area contributed by atoms with E-state index >= 15 is 0 Å². The largest absolute Gasteiger partial charge is 0.381 e. The summed E-state index contributed by atoms with van der Waals surface area (Å²) in [5.41, 5.74) is 1.24. The lowest BCUT2D eigenvalue weighted by atomic mass is 10.1. The normalized spacial score (nSPS) is 18.3. The second-order valence-electron chi connectivity index (χ2n) is 5.18. The third-order valence-electron chi connectivity index (χ3n) is 3.88. The molecule has 0 spiro atoms. The molecule has 1 aromatic rings. The van der Waals surface area contributed by atoms with Crippen LogP contribution in [0.15, 0.2) is 18.3 Å². The first-order chi connectivity index (χ1) is 9.22. The van der Waals surface area contributed by atoms with Crippen molar-refractivity contribution in [3.8, 4) is 0 Å². The van der Waals surface area contributed by atoms with Crippen molar-refractivity contribution < 1.29 is 4.74 Å². The first-order valence-electron chi connectivity index (χ1n) is 7.22. The summed E-state index contributed by atoms with van der Waals surface area (Å²) in [6.45, 7) is 7.00. The van der Waals surface area contributed by atoms with E-state index < -0.39 is 0 Å². The van der Waals surface area contributed by atoms with Gasteiger partial charge >= 0.3 is 0 Å². The first-order valence-corrected chi connectivity index (χ1v) is 7.22. The zero-order valence-electron chi connectivity index (χ0n) is 12.2. The standard InChI is InChI=1S/C15H25N3O/c1-4-16-12(2)13-5-6-15(17-11-13)18(3)14-7-9-19-10-8-14/h5-6,11-12,14,16H,4,7-10H2,1-3H3. The lowest BCUT2D eigenvalue weighted by molar-refractivity contribution is 0.0853. The lowest BCUT2D eigenvalue weighted by Gasteiger charge is -2.32. The van der Waals surface area contributed by atoms with E-state index in [2.05, 4.69) is 48.2 Å². The summed E-state index contributed by atoms with van der Waals surface area (Å²) in [6.07, 6.45) is 4.17. The average Bonchev–Trinajstić information content (AvgIpc) is 2.48. The van der Waals surface area contributed by atoms with Gasteiger partial charge in [-0.3, -0.25) is 0 Å². The molecule has 0 amide bonds. The summed E-state index contributed by atoms with van der Waals surface area (Å²) in [4.78, 5) is 6.88. The van der Waals surface area contributed by atoms with E-state index in [4.69, 9.17) is 4.74 Å². The van der Waals surface area contributed by atoms with Gasteiger partial charge in [0.05, 0.1) is 0 Å². The van der Waals surface area contributed by atoms with Gasteiger partial charge in [0.25, 0.3) is 0 Å². The van der Waals surface area contributed by atoms with Crippen molar-refractivity contribution >= 4 is 5.82 Å². The number of nitrogens with one attached hydrogen (secondary N) is 1. The van der Waals surface area contributed by atoms with Crippen LogP contribution in [0.1, 0.15) is 38.3 Å². The highest BCUT2D eigenvalue weighted by Gasteiger charge is 2.19. The number of ether oxygens (including phenoxy) is 1. The molecule has 0 saturated carbocycles. The molecule has 2 heterocycles. The van der Waals surface area contributed by atoms with Crippen LogP contribution in [-0.2, 0) is 4.74 Å². The van der Waals surface area contributed by atoms with E-state index in [0.717, 1.165) is 38.4 Å². The molecule has 0 aliphatic carbocycles. The van der Waals surface area contributed by atoms with Crippen LogP contribution >= 0.6 is 0 Å². The number of hydrogen-bond acceptors (Lipinski definition) is 4. The highest BCUT2D eigenvalue weighted by Crippen LogP contribution is 2.20. The fourth-order valence-corrected chi connectivity index (χ4v) is 2.55. The molecule has 4 heteroatoms. The summed E-state index contributed by atoms with van der Waals surface area (Å²) in [5.74, 6) is 1.05. The second kappa shape index (κ2) is 6.87. The maximum atomic E-state index is 5.41. The van der Waals surface area contributed by atoms with Crippen LogP contribution in [0, 0.1) is 0 Å². The highest BCUT2D eigenvalue weighted by molar-refractivity contribution is 5.40. The first kappa shape index (κ1) is 14.3. The van der Waals surface area contributed by atoms with Crippen LogP contribution < -0.4 is 10.2 Å². The fraction of sp³-hybridized carbons (Fsp3) is 0.667. The van der Waals surface area contributed by atoms with E-state index in [1.807, 2.05) is 6.20 Å². The minimum absolute atomic E-state index is 0.361. The van der Waals surface area contributed by atoms with Gasteiger partial charge in [-0.2, -0.15) is 0 Å². The van der Waals surface area contributed by atoms with Crippen molar-refractivity contribution in [1.82, 2.24) is 10.3 Å². The summed E-state index contributed by atoms with van der Waals surface area (Å²) in [7, 11) is 2.13. The van der Waals surface area contributed by atoms with E-state index in [0.29, 0.717) is 12.1 Å².